The zero-order valence-electron chi connectivity index (χ0n) is 15.7. The van der Waals surface area contributed by atoms with E-state index in [2.05, 4.69) is 10.1 Å². The summed E-state index contributed by atoms with van der Waals surface area (Å²) in [5.41, 5.74) is 4.47. The fourth-order valence-electron chi connectivity index (χ4n) is 3.45. The van der Waals surface area contributed by atoms with Gasteiger partial charge >= 0.3 is 5.97 Å². The van der Waals surface area contributed by atoms with E-state index in [1.54, 1.807) is 23.7 Å². The van der Waals surface area contributed by atoms with Gasteiger partial charge in [-0.25, -0.2) is 18.9 Å². The molecule has 2 aromatic heterocycles. The Kier molecular flexibility index (Phi) is 4.39. The first kappa shape index (κ1) is 17.9. The molecule has 0 aliphatic carbocycles. The molecule has 0 saturated heterocycles. The Hall–Kier alpha value is -3.54. The summed E-state index contributed by atoms with van der Waals surface area (Å²) in [7, 11) is 3.15. The van der Waals surface area contributed by atoms with Gasteiger partial charge in [-0.3, -0.25) is 0 Å². The second-order valence-corrected chi connectivity index (χ2v) is 6.48. The SMILES string of the molecule is COC(=O)c1c(C)nc2c(c(-c3ccccc3)nn2C)c1-c1ccc(F)cc1. The second kappa shape index (κ2) is 6.88. The molecule has 0 atom stereocenters. The Morgan fingerprint density at radius 2 is 1.71 bits per heavy atom. The molecule has 4 rings (SSSR count). The van der Waals surface area contributed by atoms with Gasteiger partial charge in [0.25, 0.3) is 0 Å². The van der Waals surface area contributed by atoms with Crippen LogP contribution >= 0.6 is 0 Å². The first-order chi connectivity index (χ1) is 13.5. The summed E-state index contributed by atoms with van der Waals surface area (Å²) in [5.74, 6) is -0.839. The molecule has 0 saturated carbocycles. The number of benzene rings is 2. The fraction of sp³-hybridized carbons (Fsp3) is 0.136. The molecule has 0 unspecified atom stereocenters. The van der Waals surface area contributed by atoms with Gasteiger partial charge in [-0.1, -0.05) is 42.5 Å². The highest BCUT2D eigenvalue weighted by Crippen LogP contribution is 2.38. The molecule has 0 aliphatic rings. The minimum Gasteiger partial charge on any atom is -0.465 e. The van der Waals surface area contributed by atoms with Crippen LogP contribution in [0.15, 0.2) is 54.6 Å². The number of ether oxygens (including phenoxy) is 1. The number of aromatic nitrogens is 3. The number of fused-ring (bicyclic) bond motifs is 1. The molecule has 0 aliphatic heterocycles. The van der Waals surface area contributed by atoms with Crippen molar-refractivity contribution in [3.05, 3.63) is 71.7 Å². The van der Waals surface area contributed by atoms with Crippen LogP contribution in [-0.2, 0) is 11.8 Å². The summed E-state index contributed by atoms with van der Waals surface area (Å²) in [6.07, 6.45) is 0. The van der Waals surface area contributed by atoms with Crippen LogP contribution in [0.4, 0.5) is 4.39 Å². The molecule has 2 heterocycles. The van der Waals surface area contributed by atoms with E-state index in [4.69, 9.17) is 4.74 Å². The maximum absolute atomic E-state index is 13.5. The molecular weight excluding hydrogens is 357 g/mol. The van der Waals surface area contributed by atoms with Gasteiger partial charge in [0.15, 0.2) is 5.65 Å². The van der Waals surface area contributed by atoms with Crippen LogP contribution < -0.4 is 0 Å². The summed E-state index contributed by atoms with van der Waals surface area (Å²) in [6.45, 7) is 1.76. The molecule has 5 nitrogen and oxygen atoms in total. The zero-order chi connectivity index (χ0) is 19.8. The number of hydrogen-bond donors (Lipinski definition) is 0. The lowest BCUT2D eigenvalue weighted by molar-refractivity contribution is 0.0600. The van der Waals surface area contributed by atoms with Crippen LogP contribution in [0, 0.1) is 12.7 Å². The highest BCUT2D eigenvalue weighted by Gasteiger charge is 2.26. The fourth-order valence-corrected chi connectivity index (χ4v) is 3.45. The molecule has 0 spiro atoms. The van der Waals surface area contributed by atoms with Crippen molar-refractivity contribution in [1.29, 1.82) is 0 Å². The number of halogens is 1. The summed E-state index contributed by atoms with van der Waals surface area (Å²) < 4.78 is 20.3. The Morgan fingerprint density at radius 1 is 1.04 bits per heavy atom. The van der Waals surface area contributed by atoms with Crippen LogP contribution in [0.25, 0.3) is 33.4 Å². The lowest BCUT2D eigenvalue weighted by Crippen LogP contribution is -2.09. The van der Waals surface area contributed by atoms with Gasteiger partial charge in [-0.05, 0) is 24.6 Å². The molecule has 0 fully saturated rings. The third kappa shape index (κ3) is 2.83. The van der Waals surface area contributed by atoms with Crippen molar-refractivity contribution in [1.82, 2.24) is 14.8 Å². The van der Waals surface area contributed by atoms with Crippen molar-refractivity contribution in [2.45, 2.75) is 6.92 Å². The van der Waals surface area contributed by atoms with E-state index >= 15 is 0 Å². The van der Waals surface area contributed by atoms with Crippen LogP contribution in [0.5, 0.6) is 0 Å². The van der Waals surface area contributed by atoms with Crippen molar-refractivity contribution in [2.75, 3.05) is 7.11 Å². The highest BCUT2D eigenvalue weighted by molar-refractivity contribution is 6.11. The predicted octanol–water partition coefficient (Wildman–Crippen LogP) is 4.54. The summed E-state index contributed by atoms with van der Waals surface area (Å²) >= 11 is 0. The Morgan fingerprint density at radius 3 is 2.36 bits per heavy atom. The minimum atomic E-state index is -0.492. The normalized spacial score (nSPS) is 11.0. The molecule has 140 valence electrons. The van der Waals surface area contributed by atoms with E-state index in [9.17, 15) is 9.18 Å². The van der Waals surface area contributed by atoms with Gasteiger partial charge in [-0.2, -0.15) is 5.10 Å². The Labute approximate surface area is 161 Å². The lowest BCUT2D eigenvalue weighted by atomic mass is 9.93. The monoisotopic (exact) mass is 375 g/mol. The maximum Gasteiger partial charge on any atom is 0.340 e. The van der Waals surface area contributed by atoms with E-state index in [-0.39, 0.29) is 5.82 Å². The molecule has 6 heteroatoms. The van der Waals surface area contributed by atoms with Crippen molar-refractivity contribution in [2.24, 2.45) is 7.05 Å². The predicted molar refractivity (Wildman–Crippen MR) is 105 cm³/mol. The molecule has 0 bridgehead atoms. The quantitative estimate of drug-likeness (QED) is 0.494. The number of carbonyl (C=O) groups is 1. The molecule has 0 amide bonds. The van der Waals surface area contributed by atoms with Crippen LogP contribution in [0.1, 0.15) is 16.1 Å². The molecule has 0 radical (unpaired) electrons. The topological polar surface area (TPSA) is 57.0 Å². The number of hydrogen-bond acceptors (Lipinski definition) is 4. The first-order valence-electron chi connectivity index (χ1n) is 8.78. The number of pyridine rings is 1. The number of rotatable bonds is 3. The minimum absolute atomic E-state index is 0.347. The molecule has 4 aromatic rings. The molecule has 2 aromatic carbocycles. The highest BCUT2D eigenvalue weighted by atomic mass is 19.1. The van der Waals surface area contributed by atoms with Crippen molar-refractivity contribution < 1.29 is 13.9 Å². The summed E-state index contributed by atoms with van der Waals surface area (Å²) in [4.78, 5) is 17.2. The number of carbonyl (C=O) groups excluding carboxylic acids is 1. The largest absolute Gasteiger partial charge is 0.465 e. The lowest BCUT2D eigenvalue weighted by Gasteiger charge is -2.13. The number of nitrogens with zero attached hydrogens (tertiary/aromatic N) is 3. The van der Waals surface area contributed by atoms with Gasteiger partial charge in [0.05, 0.1) is 23.8 Å². The third-order valence-electron chi connectivity index (χ3n) is 4.72. The number of esters is 1. The van der Waals surface area contributed by atoms with E-state index in [1.807, 2.05) is 37.4 Å². The zero-order valence-corrected chi connectivity index (χ0v) is 15.7. The van der Waals surface area contributed by atoms with E-state index in [1.165, 1.54) is 19.2 Å². The Balaban J connectivity index is 2.18. The van der Waals surface area contributed by atoms with Gasteiger partial charge in [0.1, 0.15) is 11.5 Å². The molecule has 28 heavy (non-hydrogen) atoms. The van der Waals surface area contributed by atoms with Crippen molar-refractivity contribution >= 4 is 17.0 Å². The average Bonchev–Trinajstić information content (AvgIpc) is 3.04. The van der Waals surface area contributed by atoms with Crippen LogP contribution in [0.3, 0.4) is 0 Å². The van der Waals surface area contributed by atoms with Crippen LogP contribution in [0.2, 0.25) is 0 Å². The average molecular weight is 375 g/mol. The molecular formula is C22H18FN3O2. The van der Waals surface area contributed by atoms with Crippen molar-refractivity contribution in [3.8, 4) is 22.4 Å². The Bertz CT molecular complexity index is 1180. The number of aryl methyl sites for hydroxylation is 2. The van der Waals surface area contributed by atoms with E-state index in [0.29, 0.717) is 33.7 Å². The van der Waals surface area contributed by atoms with E-state index < -0.39 is 5.97 Å². The standard InChI is InChI=1S/C22H18FN3O2/c1-13-17(22(27)28-3)18(14-9-11-16(23)12-10-14)19-20(15-7-5-4-6-8-15)25-26(2)21(19)24-13/h4-12H,1-3H3. The third-order valence-corrected chi connectivity index (χ3v) is 4.72. The maximum atomic E-state index is 13.5. The molecule has 0 N–H and O–H groups in total. The second-order valence-electron chi connectivity index (χ2n) is 6.48. The van der Waals surface area contributed by atoms with Gasteiger partial charge in [-0.15, -0.1) is 0 Å². The van der Waals surface area contributed by atoms with E-state index in [0.717, 1.165) is 10.9 Å². The van der Waals surface area contributed by atoms with Crippen LogP contribution in [-0.4, -0.2) is 27.8 Å². The first-order valence-corrected chi connectivity index (χ1v) is 8.78. The smallest absolute Gasteiger partial charge is 0.340 e. The van der Waals surface area contributed by atoms with Gasteiger partial charge < -0.3 is 4.74 Å². The van der Waals surface area contributed by atoms with Gasteiger partial charge in [0.2, 0.25) is 0 Å². The summed E-state index contributed by atoms with van der Waals surface area (Å²) in [6, 6.07) is 15.7. The van der Waals surface area contributed by atoms with Gasteiger partial charge in [0, 0.05) is 18.2 Å². The van der Waals surface area contributed by atoms with Crippen molar-refractivity contribution in [3.63, 3.8) is 0 Å². The number of methoxy groups -OCH3 is 1. The summed E-state index contributed by atoms with van der Waals surface area (Å²) in [5, 5.41) is 5.39.